The number of para-hydroxylation sites is 1. The Balaban J connectivity index is 2.31. The maximum Gasteiger partial charge on any atom is 0.313 e. The first kappa shape index (κ1) is 15.5. The van der Waals surface area contributed by atoms with Crippen molar-refractivity contribution in [2.24, 2.45) is 0 Å². The second kappa shape index (κ2) is 7.24. The molecular formula is C14H17N3O3S. The number of carbonyl (C=O) groups is 1. The van der Waals surface area contributed by atoms with Crippen molar-refractivity contribution < 1.29 is 14.6 Å². The van der Waals surface area contributed by atoms with Gasteiger partial charge in [0.05, 0.1) is 11.9 Å². The summed E-state index contributed by atoms with van der Waals surface area (Å²) in [6, 6.07) is 9.59. The van der Waals surface area contributed by atoms with Crippen molar-refractivity contribution in [2.45, 2.75) is 31.7 Å². The molecule has 0 aliphatic heterocycles. The number of nitrogens with zero attached hydrogens (tertiary/aromatic N) is 3. The molecule has 7 heteroatoms. The van der Waals surface area contributed by atoms with E-state index in [0.717, 1.165) is 17.4 Å². The van der Waals surface area contributed by atoms with Gasteiger partial charge in [-0.15, -0.1) is 10.2 Å². The monoisotopic (exact) mass is 307 g/mol. The summed E-state index contributed by atoms with van der Waals surface area (Å²) in [4.78, 5) is 10.7. The molecule has 0 bridgehead atoms. The number of carboxylic acid groups (broad SMARTS) is 1. The highest BCUT2D eigenvalue weighted by atomic mass is 32.2. The summed E-state index contributed by atoms with van der Waals surface area (Å²) in [6.07, 6.45) is 0.0843. The normalized spacial score (nSPS) is 11.0. The van der Waals surface area contributed by atoms with Crippen molar-refractivity contribution >= 4 is 17.7 Å². The number of aromatic nitrogens is 3. The van der Waals surface area contributed by atoms with Crippen LogP contribution in [0.2, 0.25) is 0 Å². The maximum atomic E-state index is 10.7. The van der Waals surface area contributed by atoms with Crippen LogP contribution in [-0.2, 0) is 16.1 Å². The first-order chi connectivity index (χ1) is 10.1. The molecule has 1 aromatic heterocycles. The van der Waals surface area contributed by atoms with E-state index in [0.29, 0.717) is 17.6 Å². The molecule has 0 saturated carbocycles. The lowest BCUT2D eigenvalue weighted by atomic mass is 10.3. The summed E-state index contributed by atoms with van der Waals surface area (Å²) in [5.41, 5.74) is 0.887. The summed E-state index contributed by atoms with van der Waals surface area (Å²) in [6.45, 7) is 4.22. The summed E-state index contributed by atoms with van der Waals surface area (Å²) >= 11 is 1.14. The van der Waals surface area contributed by atoms with E-state index in [2.05, 4.69) is 10.2 Å². The molecule has 1 N–H and O–H groups in total. The number of carboxylic acids is 1. The number of aliphatic carboxylic acids is 1. The number of hydrogen-bond donors (Lipinski definition) is 1. The van der Waals surface area contributed by atoms with E-state index in [1.165, 1.54) is 0 Å². The fourth-order valence-corrected chi connectivity index (χ4v) is 2.38. The third kappa shape index (κ3) is 4.30. The molecule has 0 amide bonds. The minimum atomic E-state index is -0.886. The van der Waals surface area contributed by atoms with Crippen LogP contribution in [0.25, 0.3) is 5.69 Å². The summed E-state index contributed by atoms with van der Waals surface area (Å²) in [5.74, 6) is -0.291. The minimum Gasteiger partial charge on any atom is -0.481 e. The predicted octanol–water partition coefficient (Wildman–Crippen LogP) is 2.37. The second-order valence-corrected chi connectivity index (χ2v) is 5.55. The predicted molar refractivity (Wildman–Crippen MR) is 79.6 cm³/mol. The van der Waals surface area contributed by atoms with Gasteiger partial charge in [0.25, 0.3) is 0 Å². The van der Waals surface area contributed by atoms with Gasteiger partial charge in [-0.05, 0) is 26.0 Å². The van der Waals surface area contributed by atoms with Crippen molar-refractivity contribution in [1.29, 1.82) is 0 Å². The maximum absolute atomic E-state index is 10.7. The highest BCUT2D eigenvalue weighted by molar-refractivity contribution is 7.99. The van der Waals surface area contributed by atoms with Crippen molar-refractivity contribution in [2.75, 3.05) is 5.75 Å². The zero-order chi connectivity index (χ0) is 15.2. The Morgan fingerprint density at radius 2 is 2.05 bits per heavy atom. The lowest BCUT2D eigenvalue weighted by Crippen LogP contribution is -2.09. The molecule has 0 aliphatic carbocycles. The molecular weight excluding hydrogens is 290 g/mol. The van der Waals surface area contributed by atoms with Gasteiger partial charge in [-0.1, -0.05) is 30.0 Å². The molecule has 0 atom stereocenters. The van der Waals surface area contributed by atoms with Crippen LogP contribution in [0, 0.1) is 0 Å². The highest BCUT2D eigenvalue weighted by Gasteiger charge is 2.15. The molecule has 0 unspecified atom stereocenters. The van der Waals surface area contributed by atoms with Crippen LogP contribution in [0.1, 0.15) is 19.7 Å². The van der Waals surface area contributed by atoms with Gasteiger partial charge in [0.15, 0.2) is 11.0 Å². The van der Waals surface area contributed by atoms with E-state index >= 15 is 0 Å². The smallest absolute Gasteiger partial charge is 0.313 e. The molecule has 1 aromatic carbocycles. The quantitative estimate of drug-likeness (QED) is 0.791. The van der Waals surface area contributed by atoms with Crippen LogP contribution in [0.4, 0.5) is 0 Å². The van der Waals surface area contributed by atoms with Crippen LogP contribution >= 0.6 is 11.8 Å². The zero-order valence-corrected chi connectivity index (χ0v) is 12.7. The number of thioether (sulfide) groups is 1. The molecule has 2 aromatic rings. The Kier molecular flexibility index (Phi) is 5.35. The SMILES string of the molecule is CC(C)OCc1nnc(SCC(=O)O)n1-c1ccccc1. The highest BCUT2D eigenvalue weighted by Crippen LogP contribution is 2.22. The Bertz CT molecular complexity index is 599. The van der Waals surface area contributed by atoms with Crippen molar-refractivity contribution in [3.05, 3.63) is 36.2 Å². The first-order valence-corrected chi connectivity index (χ1v) is 7.52. The van der Waals surface area contributed by atoms with E-state index in [4.69, 9.17) is 9.84 Å². The average Bonchev–Trinajstić information content (AvgIpc) is 2.86. The fourth-order valence-electron chi connectivity index (χ4n) is 1.69. The number of ether oxygens (including phenoxy) is 1. The average molecular weight is 307 g/mol. The van der Waals surface area contributed by atoms with Gasteiger partial charge < -0.3 is 9.84 Å². The van der Waals surface area contributed by atoms with Gasteiger partial charge >= 0.3 is 5.97 Å². The van der Waals surface area contributed by atoms with E-state index in [9.17, 15) is 4.79 Å². The van der Waals surface area contributed by atoms with Gasteiger partial charge in [0.2, 0.25) is 0 Å². The molecule has 112 valence electrons. The summed E-state index contributed by atoms with van der Waals surface area (Å²) in [7, 11) is 0. The lowest BCUT2D eigenvalue weighted by Gasteiger charge is -2.11. The topological polar surface area (TPSA) is 77.2 Å². The Hall–Kier alpha value is -1.86. The van der Waals surface area contributed by atoms with Gasteiger partial charge in [-0.25, -0.2) is 0 Å². The van der Waals surface area contributed by atoms with Crippen LogP contribution in [0.5, 0.6) is 0 Å². The largest absolute Gasteiger partial charge is 0.481 e. The molecule has 2 rings (SSSR count). The third-order valence-corrected chi connectivity index (χ3v) is 3.50. The van der Waals surface area contributed by atoms with Crippen LogP contribution < -0.4 is 0 Å². The van der Waals surface area contributed by atoms with Crippen molar-refractivity contribution in [1.82, 2.24) is 14.8 Å². The van der Waals surface area contributed by atoms with E-state index in [1.807, 2.05) is 48.7 Å². The molecule has 0 aliphatic rings. The van der Waals surface area contributed by atoms with Crippen molar-refractivity contribution in [3.8, 4) is 5.69 Å². The molecule has 0 fully saturated rings. The van der Waals surface area contributed by atoms with Gasteiger partial charge in [-0.3, -0.25) is 9.36 Å². The first-order valence-electron chi connectivity index (χ1n) is 6.54. The molecule has 21 heavy (non-hydrogen) atoms. The van der Waals surface area contributed by atoms with Gasteiger partial charge in [0, 0.05) is 5.69 Å². The number of hydrogen-bond acceptors (Lipinski definition) is 5. The number of rotatable bonds is 7. The minimum absolute atomic E-state index is 0.0595. The Morgan fingerprint density at radius 3 is 2.67 bits per heavy atom. The lowest BCUT2D eigenvalue weighted by molar-refractivity contribution is -0.133. The van der Waals surface area contributed by atoms with Crippen molar-refractivity contribution in [3.63, 3.8) is 0 Å². The Labute approximate surface area is 127 Å². The molecule has 0 radical (unpaired) electrons. The van der Waals surface area contributed by atoms with E-state index in [1.54, 1.807) is 0 Å². The van der Waals surface area contributed by atoms with Crippen LogP contribution in [0.15, 0.2) is 35.5 Å². The standard InChI is InChI=1S/C14H17N3O3S/c1-10(2)20-8-12-15-16-14(21-9-13(18)19)17(12)11-6-4-3-5-7-11/h3-7,10H,8-9H2,1-2H3,(H,18,19). The van der Waals surface area contributed by atoms with Crippen LogP contribution in [0.3, 0.4) is 0 Å². The van der Waals surface area contributed by atoms with E-state index in [-0.39, 0.29) is 11.9 Å². The third-order valence-electron chi connectivity index (χ3n) is 2.59. The van der Waals surface area contributed by atoms with Gasteiger partial charge in [-0.2, -0.15) is 0 Å². The fraction of sp³-hybridized carbons (Fsp3) is 0.357. The van der Waals surface area contributed by atoms with E-state index < -0.39 is 5.97 Å². The Morgan fingerprint density at radius 1 is 1.33 bits per heavy atom. The summed E-state index contributed by atoms with van der Waals surface area (Å²) in [5, 5.41) is 17.6. The summed E-state index contributed by atoms with van der Waals surface area (Å²) < 4.78 is 7.41. The zero-order valence-electron chi connectivity index (χ0n) is 11.9. The molecule has 0 saturated heterocycles. The van der Waals surface area contributed by atoms with Gasteiger partial charge in [0.1, 0.15) is 6.61 Å². The second-order valence-electron chi connectivity index (χ2n) is 4.61. The molecule has 6 nitrogen and oxygen atoms in total. The molecule has 1 heterocycles. The number of benzene rings is 1. The van der Waals surface area contributed by atoms with Crippen LogP contribution in [-0.4, -0.2) is 37.7 Å². The molecule has 0 spiro atoms.